The van der Waals surface area contributed by atoms with Crippen LogP contribution in [0.1, 0.15) is 11.1 Å². The van der Waals surface area contributed by atoms with E-state index in [2.05, 4.69) is 9.71 Å². The van der Waals surface area contributed by atoms with E-state index in [0.717, 1.165) is 5.56 Å². The number of nitrogens with zero attached hydrogens (tertiary/aromatic N) is 1. The van der Waals surface area contributed by atoms with Crippen molar-refractivity contribution in [1.82, 2.24) is 4.98 Å². The van der Waals surface area contributed by atoms with Crippen molar-refractivity contribution in [3.8, 4) is 5.75 Å². The molecule has 0 atom stereocenters. The van der Waals surface area contributed by atoms with Crippen molar-refractivity contribution in [2.45, 2.75) is 4.90 Å². The van der Waals surface area contributed by atoms with Gasteiger partial charge in [0.15, 0.2) is 0 Å². The summed E-state index contributed by atoms with van der Waals surface area (Å²) in [4.78, 5) is 4.11. The smallest absolute Gasteiger partial charge is 0.261 e. The van der Waals surface area contributed by atoms with E-state index in [0.29, 0.717) is 22.0 Å². The minimum absolute atomic E-state index is 0.141. The molecule has 1 aromatic heterocycles. The minimum atomic E-state index is -3.75. The molecule has 0 spiro atoms. The van der Waals surface area contributed by atoms with E-state index in [1.807, 2.05) is 18.2 Å². The number of aromatic nitrogens is 1. The third-order valence-electron chi connectivity index (χ3n) is 3.79. The molecule has 0 bridgehead atoms. The fourth-order valence-corrected chi connectivity index (χ4v) is 3.65. The SMILES string of the molecule is COc1ccc(S(=O)(=O)Nc2ccc(Cl)cc2/C=C/c2ccncc2)cc1. The zero-order valence-electron chi connectivity index (χ0n) is 14.5. The van der Waals surface area contributed by atoms with Gasteiger partial charge in [-0.05, 0) is 60.2 Å². The zero-order chi connectivity index (χ0) is 19.3. The Bertz CT molecular complexity index is 1050. The Hall–Kier alpha value is -2.83. The standard InChI is InChI=1S/C20H17ClN2O3S/c1-26-18-5-7-19(8-6-18)27(24,25)23-20-9-4-17(21)14-16(20)3-2-15-10-12-22-13-11-15/h2-14,23H,1H3/b3-2+. The summed E-state index contributed by atoms with van der Waals surface area (Å²) in [5, 5.41) is 0.511. The van der Waals surface area contributed by atoms with Crippen LogP contribution in [0.5, 0.6) is 5.75 Å². The summed E-state index contributed by atoms with van der Waals surface area (Å²) in [5.41, 5.74) is 2.02. The van der Waals surface area contributed by atoms with Gasteiger partial charge in [-0.25, -0.2) is 8.42 Å². The van der Waals surface area contributed by atoms with Crippen LogP contribution in [0.15, 0.2) is 71.9 Å². The predicted molar refractivity (Wildman–Crippen MR) is 108 cm³/mol. The van der Waals surface area contributed by atoms with Gasteiger partial charge in [-0.2, -0.15) is 0 Å². The molecule has 0 unspecified atom stereocenters. The van der Waals surface area contributed by atoms with Crippen LogP contribution < -0.4 is 9.46 Å². The van der Waals surface area contributed by atoms with Crippen molar-refractivity contribution in [2.75, 3.05) is 11.8 Å². The molecule has 27 heavy (non-hydrogen) atoms. The molecule has 2 aromatic carbocycles. The second kappa shape index (κ2) is 8.24. The number of hydrogen-bond acceptors (Lipinski definition) is 4. The Morgan fingerprint density at radius 3 is 2.37 bits per heavy atom. The van der Waals surface area contributed by atoms with E-state index < -0.39 is 10.0 Å². The number of sulfonamides is 1. The summed E-state index contributed by atoms with van der Waals surface area (Å²) in [6, 6.07) is 14.8. The maximum Gasteiger partial charge on any atom is 0.261 e. The van der Waals surface area contributed by atoms with Gasteiger partial charge in [0.05, 0.1) is 17.7 Å². The average molecular weight is 401 g/mol. The molecule has 0 aliphatic carbocycles. The van der Waals surface area contributed by atoms with Crippen LogP contribution in [0.25, 0.3) is 12.2 Å². The van der Waals surface area contributed by atoms with E-state index in [1.54, 1.807) is 48.8 Å². The topological polar surface area (TPSA) is 68.3 Å². The maximum atomic E-state index is 12.7. The second-order valence-electron chi connectivity index (χ2n) is 5.63. The summed E-state index contributed by atoms with van der Waals surface area (Å²) >= 11 is 6.09. The Kier molecular flexibility index (Phi) is 5.78. The number of halogens is 1. The second-order valence-corrected chi connectivity index (χ2v) is 7.75. The summed E-state index contributed by atoms with van der Waals surface area (Å²) in [7, 11) is -2.22. The fourth-order valence-electron chi connectivity index (χ4n) is 2.38. The quantitative estimate of drug-likeness (QED) is 0.650. The lowest BCUT2D eigenvalue weighted by molar-refractivity contribution is 0.414. The molecule has 0 aliphatic heterocycles. The molecule has 7 heteroatoms. The van der Waals surface area contributed by atoms with E-state index in [1.165, 1.54) is 19.2 Å². The van der Waals surface area contributed by atoms with Crippen LogP contribution in [0.4, 0.5) is 5.69 Å². The fraction of sp³-hybridized carbons (Fsp3) is 0.0500. The molecule has 0 aliphatic rings. The molecule has 3 rings (SSSR count). The van der Waals surface area contributed by atoms with Crippen LogP contribution in [0, 0.1) is 0 Å². The molecule has 1 N–H and O–H groups in total. The highest BCUT2D eigenvalue weighted by atomic mass is 35.5. The van der Waals surface area contributed by atoms with Gasteiger partial charge >= 0.3 is 0 Å². The van der Waals surface area contributed by atoms with Crippen LogP contribution in [0.2, 0.25) is 5.02 Å². The lowest BCUT2D eigenvalue weighted by Crippen LogP contribution is -2.13. The number of hydrogen-bond donors (Lipinski definition) is 1. The van der Waals surface area contributed by atoms with E-state index in [9.17, 15) is 8.42 Å². The highest BCUT2D eigenvalue weighted by molar-refractivity contribution is 7.92. The van der Waals surface area contributed by atoms with Gasteiger partial charge < -0.3 is 4.74 Å². The van der Waals surface area contributed by atoms with Gasteiger partial charge in [-0.1, -0.05) is 23.8 Å². The number of anilines is 1. The first-order valence-electron chi connectivity index (χ1n) is 8.02. The normalized spacial score (nSPS) is 11.5. The molecule has 0 saturated carbocycles. The highest BCUT2D eigenvalue weighted by Gasteiger charge is 2.16. The first-order valence-corrected chi connectivity index (χ1v) is 9.88. The molecule has 1 heterocycles. The highest BCUT2D eigenvalue weighted by Crippen LogP contribution is 2.26. The predicted octanol–water partition coefficient (Wildman–Crippen LogP) is 4.71. The third-order valence-corrected chi connectivity index (χ3v) is 5.41. The van der Waals surface area contributed by atoms with Crippen LogP contribution >= 0.6 is 11.6 Å². The molecule has 5 nitrogen and oxygen atoms in total. The largest absolute Gasteiger partial charge is 0.497 e. The Morgan fingerprint density at radius 2 is 1.70 bits per heavy atom. The van der Waals surface area contributed by atoms with Crippen LogP contribution in [-0.2, 0) is 10.0 Å². The number of rotatable bonds is 6. The molecule has 3 aromatic rings. The number of ether oxygens (including phenoxy) is 1. The number of methoxy groups -OCH3 is 1. The summed E-state index contributed by atoms with van der Waals surface area (Å²) < 4.78 is 33.1. The molecule has 0 fully saturated rings. The first kappa shape index (κ1) is 18.9. The Morgan fingerprint density at radius 1 is 1.00 bits per heavy atom. The summed E-state index contributed by atoms with van der Waals surface area (Å²) in [6.07, 6.45) is 7.03. The van der Waals surface area contributed by atoms with Crippen molar-refractivity contribution in [3.05, 3.63) is 83.1 Å². The molecule has 0 amide bonds. The van der Waals surface area contributed by atoms with Gasteiger partial charge in [0.1, 0.15) is 5.75 Å². The number of benzene rings is 2. The van der Waals surface area contributed by atoms with Gasteiger partial charge in [-0.3, -0.25) is 9.71 Å². The van der Waals surface area contributed by atoms with Crippen molar-refractivity contribution >= 4 is 39.5 Å². The third kappa shape index (κ3) is 4.87. The van der Waals surface area contributed by atoms with Crippen molar-refractivity contribution in [1.29, 1.82) is 0 Å². The monoisotopic (exact) mass is 400 g/mol. The van der Waals surface area contributed by atoms with E-state index in [-0.39, 0.29) is 4.90 Å². The Balaban J connectivity index is 1.91. The average Bonchev–Trinajstić information content (AvgIpc) is 2.69. The van der Waals surface area contributed by atoms with Crippen LogP contribution in [0.3, 0.4) is 0 Å². The molecular formula is C20H17ClN2O3S. The van der Waals surface area contributed by atoms with Gasteiger partial charge in [0.25, 0.3) is 10.0 Å². The molecule has 0 saturated heterocycles. The lowest BCUT2D eigenvalue weighted by Gasteiger charge is -2.12. The molecule has 0 radical (unpaired) electrons. The van der Waals surface area contributed by atoms with Gasteiger partial charge in [-0.15, -0.1) is 0 Å². The van der Waals surface area contributed by atoms with Crippen molar-refractivity contribution in [3.63, 3.8) is 0 Å². The minimum Gasteiger partial charge on any atom is -0.497 e. The van der Waals surface area contributed by atoms with E-state index in [4.69, 9.17) is 16.3 Å². The van der Waals surface area contributed by atoms with Crippen molar-refractivity contribution < 1.29 is 13.2 Å². The lowest BCUT2D eigenvalue weighted by atomic mass is 10.1. The summed E-state index contributed by atoms with van der Waals surface area (Å²) in [5.74, 6) is 0.585. The first-order chi connectivity index (χ1) is 13.0. The van der Waals surface area contributed by atoms with E-state index >= 15 is 0 Å². The molecule has 138 valence electrons. The van der Waals surface area contributed by atoms with Crippen molar-refractivity contribution in [2.24, 2.45) is 0 Å². The number of nitrogens with one attached hydrogen (secondary N) is 1. The van der Waals surface area contributed by atoms with Crippen LogP contribution in [-0.4, -0.2) is 20.5 Å². The maximum absolute atomic E-state index is 12.7. The van der Waals surface area contributed by atoms with Gasteiger partial charge in [0.2, 0.25) is 0 Å². The van der Waals surface area contributed by atoms with Gasteiger partial charge in [0, 0.05) is 23.0 Å². The molecular weight excluding hydrogens is 384 g/mol. The number of pyridine rings is 1. The summed E-state index contributed by atoms with van der Waals surface area (Å²) in [6.45, 7) is 0. The zero-order valence-corrected chi connectivity index (χ0v) is 16.0. The Labute approximate surface area is 163 Å².